The third-order valence-corrected chi connectivity index (χ3v) is 3.38. The number of benzene rings is 1. The van der Waals surface area contributed by atoms with Gasteiger partial charge in [-0.2, -0.15) is 0 Å². The molecule has 0 bridgehead atoms. The molecular weight excluding hydrogens is 274 g/mol. The van der Waals surface area contributed by atoms with Crippen molar-refractivity contribution < 1.29 is 14.4 Å². The summed E-state index contributed by atoms with van der Waals surface area (Å²) in [5.41, 5.74) is 0.925. The number of ether oxygens (including phenoxy) is 2. The lowest BCUT2D eigenvalue weighted by Crippen LogP contribution is -2.46. The van der Waals surface area contributed by atoms with Crippen molar-refractivity contribution in [1.82, 2.24) is 5.32 Å². The second-order valence-electron chi connectivity index (χ2n) is 4.84. The summed E-state index contributed by atoms with van der Waals surface area (Å²) < 4.78 is 11.1. The summed E-state index contributed by atoms with van der Waals surface area (Å²) in [7, 11) is 1.89. The van der Waals surface area contributed by atoms with Gasteiger partial charge in [0.05, 0.1) is 24.2 Å². The van der Waals surface area contributed by atoms with Crippen LogP contribution in [0.3, 0.4) is 0 Å². The van der Waals surface area contributed by atoms with E-state index in [1.54, 1.807) is 12.1 Å². The van der Waals surface area contributed by atoms with Gasteiger partial charge < -0.3 is 19.7 Å². The second kappa shape index (κ2) is 7.24. The maximum absolute atomic E-state index is 11.0. The van der Waals surface area contributed by atoms with Crippen molar-refractivity contribution in [2.24, 2.45) is 0 Å². The Balaban J connectivity index is 2.19. The van der Waals surface area contributed by atoms with Crippen molar-refractivity contribution in [3.05, 3.63) is 28.3 Å². The number of rotatable bonds is 6. The predicted molar refractivity (Wildman–Crippen MR) is 80.1 cm³/mol. The summed E-state index contributed by atoms with van der Waals surface area (Å²) in [4.78, 5) is 12.8. The number of morpholine rings is 1. The Morgan fingerprint density at radius 2 is 2.38 bits per heavy atom. The average Bonchev–Trinajstić information content (AvgIpc) is 2.48. The zero-order valence-corrected chi connectivity index (χ0v) is 12.4. The highest BCUT2D eigenvalue weighted by molar-refractivity contribution is 5.59. The van der Waals surface area contributed by atoms with E-state index < -0.39 is 4.92 Å². The van der Waals surface area contributed by atoms with E-state index in [1.165, 1.54) is 6.07 Å². The molecule has 1 unspecified atom stereocenters. The first kappa shape index (κ1) is 15.5. The second-order valence-corrected chi connectivity index (χ2v) is 4.84. The molecule has 1 heterocycles. The predicted octanol–water partition coefficient (Wildman–Crippen LogP) is 1.42. The van der Waals surface area contributed by atoms with E-state index in [-0.39, 0.29) is 11.8 Å². The molecule has 0 amide bonds. The van der Waals surface area contributed by atoms with Gasteiger partial charge >= 0.3 is 5.69 Å². The van der Waals surface area contributed by atoms with E-state index in [2.05, 4.69) is 10.2 Å². The van der Waals surface area contributed by atoms with E-state index >= 15 is 0 Å². The minimum atomic E-state index is -0.419. The maximum atomic E-state index is 11.0. The first-order valence-corrected chi connectivity index (χ1v) is 7.08. The number of anilines is 1. The van der Waals surface area contributed by atoms with E-state index in [0.29, 0.717) is 19.0 Å². The quantitative estimate of drug-likeness (QED) is 0.632. The van der Waals surface area contributed by atoms with Crippen molar-refractivity contribution in [2.45, 2.75) is 13.0 Å². The van der Waals surface area contributed by atoms with E-state index in [1.807, 2.05) is 14.0 Å². The van der Waals surface area contributed by atoms with Crippen LogP contribution < -0.4 is 15.0 Å². The molecule has 0 spiro atoms. The number of nitrogens with one attached hydrogen (secondary N) is 1. The topological polar surface area (TPSA) is 76.9 Å². The van der Waals surface area contributed by atoms with E-state index in [9.17, 15) is 10.1 Å². The van der Waals surface area contributed by atoms with Crippen LogP contribution in [0.25, 0.3) is 0 Å². The van der Waals surface area contributed by atoms with Crippen molar-refractivity contribution in [1.29, 1.82) is 0 Å². The lowest BCUT2D eigenvalue weighted by atomic mass is 10.2. The third kappa shape index (κ3) is 3.83. The number of nitro groups is 1. The zero-order chi connectivity index (χ0) is 15.2. The van der Waals surface area contributed by atoms with Gasteiger partial charge in [0, 0.05) is 37.5 Å². The van der Waals surface area contributed by atoms with Crippen molar-refractivity contribution in [2.75, 3.05) is 44.8 Å². The summed E-state index contributed by atoms with van der Waals surface area (Å²) in [5, 5.41) is 14.1. The Bertz CT molecular complexity index is 493. The summed E-state index contributed by atoms with van der Waals surface area (Å²) in [6, 6.07) is 5.01. The zero-order valence-electron chi connectivity index (χ0n) is 12.4. The van der Waals surface area contributed by atoms with Crippen LogP contribution in [0.5, 0.6) is 5.75 Å². The number of nitrogens with zero attached hydrogens (tertiary/aromatic N) is 2. The summed E-state index contributed by atoms with van der Waals surface area (Å²) >= 11 is 0. The summed E-state index contributed by atoms with van der Waals surface area (Å²) in [6.45, 7) is 5.16. The standard InChI is InChI=1S/C14H21N3O4/c1-3-20-14-8-11(4-5-13(14)17(18)19)16-6-7-21-12(10-16)9-15-2/h4-5,8,12,15H,3,6-7,9-10H2,1-2H3. The molecule has 1 aliphatic rings. The van der Waals surface area contributed by atoms with Crippen LogP contribution in [0.1, 0.15) is 6.92 Å². The van der Waals surface area contributed by atoms with Crippen LogP contribution in [-0.4, -0.2) is 50.9 Å². The lowest BCUT2D eigenvalue weighted by molar-refractivity contribution is -0.385. The molecule has 2 rings (SSSR count). The van der Waals surface area contributed by atoms with Gasteiger partial charge in [-0.15, -0.1) is 0 Å². The number of nitro benzene ring substituents is 1. The van der Waals surface area contributed by atoms with Crippen molar-refractivity contribution in [3.8, 4) is 5.75 Å². The molecule has 1 fully saturated rings. The Hall–Kier alpha value is -1.86. The van der Waals surface area contributed by atoms with Gasteiger partial charge in [-0.3, -0.25) is 10.1 Å². The summed E-state index contributed by atoms with van der Waals surface area (Å²) in [6.07, 6.45) is 0.120. The molecule has 0 aliphatic carbocycles. The fourth-order valence-corrected chi connectivity index (χ4v) is 2.43. The van der Waals surface area contributed by atoms with Gasteiger partial charge in [0.15, 0.2) is 5.75 Å². The lowest BCUT2D eigenvalue weighted by Gasteiger charge is -2.34. The Labute approximate surface area is 124 Å². The Kier molecular flexibility index (Phi) is 5.35. The Morgan fingerprint density at radius 1 is 1.57 bits per heavy atom. The highest BCUT2D eigenvalue weighted by Crippen LogP contribution is 2.32. The Morgan fingerprint density at radius 3 is 3.05 bits per heavy atom. The molecule has 116 valence electrons. The monoisotopic (exact) mass is 295 g/mol. The summed E-state index contributed by atoms with van der Waals surface area (Å²) in [5.74, 6) is 0.316. The fourth-order valence-electron chi connectivity index (χ4n) is 2.43. The highest BCUT2D eigenvalue weighted by atomic mass is 16.6. The average molecular weight is 295 g/mol. The van der Waals surface area contributed by atoms with Crippen LogP contribution in [0.4, 0.5) is 11.4 Å². The molecule has 0 radical (unpaired) electrons. The van der Waals surface area contributed by atoms with Gasteiger partial charge in [0.25, 0.3) is 0 Å². The molecule has 1 aromatic carbocycles. The number of likely N-dealkylation sites (N-methyl/N-ethyl adjacent to an activating group) is 1. The van der Waals surface area contributed by atoms with Crippen LogP contribution in [0.2, 0.25) is 0 Å². The molecule has 1 saturated heterocycles. The van der Waals surface area contributed by atoms with Gasteiger partial charge in [0.2, 0.25) is 0 Å². The van der Waals surface area contributed by atoms with Crippen molar-refractivity contribution in [3.63, 3.8) is 0 Å². The normalized spacial score (nSPS) is 18.6. The molecule has 0 aromatic heterocycles. The molecule has 0 saturated carbocycles. The molecule has 1 N–H and O–H groups in total. The van der Waals surface area contributed by atoms with E-state index in [4.69, 9.17) is 9.47 Å². The van der Waals surface area contributed by atoms with Crippen LogP contribution in [0, 0.1) is 10.1 Å². The fraction of sp³-hybridized carbons (Fsp3) is 0.571. The largest absolute Gasteiger partial charge is 0.487 e. The molecule has 1 aromatic rings. The highest BCUT2D eigenvalue weighted by Gasteiger charge is 2.23. The minimum Gasteiger partial charge on any atom is -0.487 e. The number of hydrogen-bond acceptors (Lipinski definition) is 6. The minimum absolute atomic E-state index is 0.000587. The number of hydrogen-bond donors (Lipinski definition) is 1. The third-order valence-electron chi connectivity index (χ3n) is 3.38. The van der Waals surface area contributed by atoms with Gasteiger partial charge in [-0.05, 0) is 20.0 Å². The van der Waals surface area contributed by atoms with Gasteiger partial charge in [0.1, 0.15) is 0 Å². The van der Waals surface area contributed by atoms with Crippen LogP contribution in [-0.2, 0) is 4.74 Å². The van der Waals surface area contributed by atoms with Crippen LogP contribution >= 0.6 is 0 Å². The molecule has 7 heteroatoms. The smallest absolute Gasteiger partial charge is 0.311 e. The maximum Gasteiger partial charge on any atom is 0.311 e. The van der Waals surface area contributed by atoms with Crippen LogP contribution in [0.15, 0.2) is 18.2 Å². The molecule has 7 nitrogen and oxygen atoms in total. The first-order chi connectivity index (χ1) is 10.2. The first-order valence-electron chi connectivity index (χ1n) is 7.08. The molecule has 21 heavy (non-hydrogen) atoms. The van der Waals surface area contributed by atoms with Gasteiger partial charge in [-0.1, -0.05) is 0 Å². The van der Waals surface area contributed by atoms with Crippen molar-refractivity contribution >= 4 is 11.4 Å². The molecule has 1 aliphatic heterocycles. The van der Waals surface area contributed by atoms with E-state index in [0.717, 1.165) is 25.3 Å². The SMILES string of the molecule is CCOc1cc(N2CCOC(CNC)C2)ccc1[N+](=O)[O-]. The molecular formula is C14H21N3O4. The molecule has 1 atom stereocenters. The van der Waals surface area contributed by atoms with Gasteiger partial charge in [-0.25, -0.2) is 0 Å².